The molecule has 2 aromatic heterocycles. The second kappa shape index (κ2) is 7.13. The first-order chi connectivity index (χ1) is 10.5. The molecular weight excluding hydrogens is 304 g/mol. The Morgan fingerprint density at radius 1 is 1.55 bits per heavy atom. The minimum atomic E-state index is -0.373. The van der Waals surface area contributed by atoms with E-state index in [1.807, 2.05) is 13.0 Å². The van der Waals surface area contributed by atoms with Crippen LogP contribution < -0.4 is 0 Å². The fraction of sp³-hybridized carbons (Fsp3) is 0.429. The summed E-state index contributed by atoms with van der Waals surface area (Å²) >= 11 is 1.19. The van der Waals surface area contributed by atoms with Crippen molar-refractivity contribution in [2.45, 2.75) is 30.7 Å². The molecule has 0 aromatic carbocycles. The number of hydrogen-bond donors (Lipinski definition) is 0. The van der Waals surface area contributed by atoms with E-state index in [1.54, 1.807) is 26.3 Å². The highest BCUT2D eigenvalue weighted by Crippen LogP contribution is 2.28. The van der Waals surface area contributed by atoms with Gasteiger partial charge < -0.3 is 13.7 Å². The predicted molar refractivity (Wildman–Crippen MR) is 79.9 cm³/mol. The molecule has 2 rings (SSSR count). The summed E-state index contributed by atoms with van der Waals surface area (Å²) in [7, 11) is 1.67. The number of hydrogen-bond acceptors (Lipinski definition) is 7. The van der Waals surface area contributed by atoms with Gasteiger partial charge in [0.2, 0.25) is 5.91 Å². The fourth-order valence-corrected chi connectivity index (χ4v) is 2.61. The summed E-state index contributed by atoms with van der Waals surface area (Å²) in [5, 5.41) is 16.4. The van der Waals surface area contributed by atoms with Gasteiger partial charge in [-0.1, -0.05) is 11.8 Å². The van der Waals surface area contributed by atoms with E-state index in [-0.39, 0.29) is 11.2 Å². The lowest BCUT2D eigenvalue weighted by atomic mass is 10.3. The summed E-state index contributed by atoms with van der Waals surface area (Å²) in [5.41, 5.74) is 0.740. The van der Waals surface area contributed by atoms with Crippen molar-refractivity contribution in [3.63, 3.8) is 0 Å². The average Bonchev–Trinajstić information content (AvgIpc) is 3.12. The Morgan fingerprint density at radius 3 is 2.95 bits per heavy atom. The van der Waals surface area contributed by atoms with Gasteiger partial charge in [0.25, 0.3) is 11.1 Å². The fourth-order valence-electron chi connectivity index (χ4n) is 1.81. The van der Waals surface area contributed by atoms with Crippen LogP contribution in [0.25, 0.3) is 11.5 Å². The smallest absolute Gasteiger partial charge is 0.277 e. The zero-order chi connectivity index (χ0) is 16.1. The van der Waals surface area contributed by atoms with E-state index >= 15 is 0 Å². The molecule has 0 radical (unpaired) electrons. The van der Waals surface area contributed by atoms with Crippen molar-refractivity contribution in [3.8, 4) is 17.5 Å². The number of nitrogens with zero attached hydrogens (tertiary/aromatic N) is 4. The Hall–Kier alpha value is -2.27. The summed E-state index contributed by atoms with van der Waals surface area (Å²) in [6, 6.07) is 3.77. The number of carbonyl (C=O) groups excluding carboxylic acids is 1. The van der Waals surface area contributed by atoms with Gasteiger partial charge in [0.15, 0.2) is 0 Å². The Kier molecular flexibility index (Phi) is 5.22. The van der Waals surface area contributed by atoms with Crippen molar-refractivity contribution in [2.24, 2.45) is 0 Å². The molecule has 0 unspecified atom stereocenters. The van der Waals surface area contributed by atoms with Crippen LogP contribution in [0, 0.1) is 18.3 Å². The second-order valence-corrected chi connectivity index (χ2v) is 5.98. The quantitative estimate of drug-likeness (QED) is 0.754. The zero-order valence-electron chi connectivity index (χ0n) is 12.6. The molecular formula is C14H16N4O3S. The minimum Gasteiger partial charge on any atom is -0.469 e. The third-order valence-electron chi connectivity index (χ3n) is 3.06. The number of nitriles is 1. The van der Waals surface area contributed by atoms with E-state index in [0.717, 1.165) is 5.56 Å². The molecule has 116 valence electrons. The number of carbonyl (C=O) groups is 1. The standard InChI is InChI=1S/C14H16N4O3S/c1-9-11(5-8-20-9)12-16-17-14(21-12)22-10(2)13(19)18(3)7-4-6-15/h5,8,10H,4,7H2,1-3H3/t10-/m0/s1. The largest absolute Gasteiger partial charge is 0.469 e. The normalized spacial score (nSPS) is 11.9. The van der Waals surface area contributed by atoms with Crippen LogP contribution in [-0.2, 0) is 4.79 Å². The van der Waals surface area contributed by atoms with Crippen molar-refractivity contribution in [2.75, 3.05) is 13.6 Å². The lowest BCUT2D eigenvalue weighted by molar-refractivity contribution is -0.128. The van der Waals surface area contributed by atoms with Crippen LogP contribution in [0.3, 0.4) is 0 Å². The Bertz CT molecular complexity index is 688. The monoisotopic (exact) mass is 320 g/mol. The van der Waals surface area contributed by atoms with Gasteiger partial charge in [0.05, 0.1) is 29.6 Å². The average molecular weight is 320 g/mol. The molecule has 1 amide bonds. The molecule has 0 spiro atoms. The van der Waals surface area contributed by atoms with Crippen molar-refractivity contribution in [3.05, 3.63) is 18.1 Å². The summed E-state index contributed by atoms with van der Waals surface area (Å²) < 4.78 is 10.7. The molecule has 0 aliphatic rings. The summed E-state index contributed by atoms with van der Waals surface area (Å²) in [6.07, 6.45) is 1.86. The summed E-state index contributed by atoms with van der Waals surface area (Å²) in [4.78, 5) is 13.7. The van der Waals surface area contributed by atoms with Gasteiger partial charge in [0.1, 0.15) is 5.76 Å². The summed E-state index contributed by atoms with van der Waals surface area (Å²) in [6.45, 7) is 3.98. The first kappa shape index (κ1) is 16.1. The summed E-state index contributed by atoms with van der Waals surface area (Å²) in [5.74, 6) is 0.978. The molecule has 0 aliphatic heterocycles. The molecule has 0 N–H and O–H groups in total. The number of rotatable bonds is 6. The van der Waals surface area contributed by atoms with Crippen LogP contribution in [0.2, 0.25) is 0 Å². The van der Waals surface area contributed by atoms with Gasteiger partial charge in [-0.2, -0.15) is 5.26 Å². The number of aryl methyl sites for hydroxylation is 1. The molecule has 0 fully saturated rings. The molecule has 1 atom stereocenters. The van der Waals surface area contributed by atoms with E-state index in [9.17, 15) is 4.79 Å². The Morgan fingerprint density at radius 2 is 2.32 bits per heavy atom. The van der Waals surface area contributed by atoms with Crippen molar-refractivity contribution in [1.29, 1.82) is 5.26 Å². The number of amides is 1. The molecule has 0 aliphatic carbocycles. The molecule has 0 saturated heterocycles. The lowest BCUT2D eigenvalue weighted by Crippen LogP contribution is -2.33. The maximum atomic E-state index is 12.1. The van der Waals surface area contributed by atoms with Crippen LogP contribution in [0.4, 0.5) is 0 Å². The van der Waals surface area contributed by atoms with Crippen molar-refractivity contribution in [1.82, 2.24) is 15.1 Å². The Labute approximate surface area is 132 Å². The van der Waals surface area contributed by atoms with Gasteiger partial charge in [0, 0.05) is 13.6 Å². The van der Waals surface area contributed by atoms with E-state index in [0.29, 0.717) is 29.8 Å². The highest BCUT2D eigenvalue weighted by Gasteiger charge is 2.22. The SMILES string of the molecule is Cc1occc1-c1nnc(S[C@@H](C)C(=O)N(C)CCC#N)o1. The topological polar surface area (TPSA) is 96.2 Å². The lowest BCUT2D eigenvalue weighted by Gasteiger charge is -2.18. The molecule has 22 heavy (non-hydrogen) atoms. The van der Waals surface area contributed by atoms with Gasteiger partial charge >= 0.3 is 0 Å². The zero-order valence-corrected chi connectivity index (χ0v) is 13.4. The van der Waals surface area contributed by atoms with E-state index in [1.165, 1.54) is 16.7 Å². The van der Waals surface area contributed by atoms with Gasteiger partial charge in [-0.3, -0.25) is 4.79 Å². The molecule has 7 nitrogen and oxygen atoms in total. The van der Waals surface area contributed by atoms with Crippen molar-refractivity contribution >= 4 is 17.7 Å². The number of thioether (sulfide) groups is 1. The third kappa shape index (κ3) is 3.68. The molecule has 8 heteroatoms. The third-order valence-corrected chi connectivity index (χ3v) is 3.98. The van der Waals surface area contributed by atoms with Gasteiger partial charge in [-0.15, -0.1) is 10.2 Å². The van der Waals surface area contributed by atoms with Crippen LogP contribution in [-0.4, -0.2) is 39.8 Å². The number of aromatic nitrogens is 2. The van der Waals surface area contributed by atoms with Crippen LogP contribution >= 0.6 is 11.8 Å². The minimum absolute atomic E-state index is 0.0838. The molecule has 0 saturated carbocycles. The van der Waals surface area contributed by atoms with E-state index < -0.39 is 0 Å². The van der Waals surface area contributed by atoms with Gasteiger partial charge in [-0.05, 0) is 19.9 Å². The first-order valence-corrected chi connectivity index (χ1v) is 7.57. The van der Waals surface area contributed by atoms with E-state index in [2.05, 4.69) is 10.2 Å². The highest BCUT2D eigenvalue weighted by atomic mass is 32.2. The van der Waals surface area contributed by atoms with E-state index in [4.69, 9.17) is 14.1 Å². The predicted octanol–water partition coefficient (Wildman–Crippen LogP) is 2.49. The molecule has 2 aromatic rings. The van der Waals surface area contributed by atoms with Crippen LogP contribution in [0.15, 0.2) is 26.4 Å². The number of furan rings is 1. The second-order valence-electron chi connectivity index (χ2n) is 4.69. The maximum absolute atomic E-state index is 12.1. The first-order valence-electron chi connectivity index (χ1n) is 6.69. The van der Waals surface area contributed by atoms with Gasteiger partial charge in [-0.25, -0.2) is 0 Å². The maximum Gasteiger partial charge on any atom is 0.277 e. The molecule has 0 bridgehead atoms. The Balaban J connectivity index is 1.99. The molecule has 2 heterocycles. The van der Waals surface area contributed by atoms with Crippen LogP contribution in [0.1, 0.15) is 19.1 Å². The van der Waals surface area contributed by atoms with Crippen molar-refractivity contribution < 1.29 is 13.6 Å². The highest BCUT2D eigenvalue weighted by molar-refractivity contribution is 8.00. The van der Waals surface area contributed by atoms with Crippen LogP contribution in [0.5, 0.6) is 0 Å².